The minimum absolute atomic E-state index is 0.0420. The third-order valence-electron chi connectivity index (χ3n) is 3.07. The molecule has 0 atom stereocenters. The fourth-order valence-electron chi connectivity index (χ4n) is 1.83. The lowest BCUT2D eigenvalue weighted by atomic mass is 10.0. The van der Waals surface area contributed by atoms with E-state index in [4.69, 9.17) is 0 Å². The van der Waals surface area contributed by atoms with Crippen LogP contribution in [0.1, 0.15) is 36.6 Å². The van der Waals surface area contributed by atoms with Gasteiger partial charge >= 0.3 is 0 Å². The Morgan fingerprint density at radius 3 is 2.59 bits per heavy atom. The molecule has 0 spiro atoms. The van der Waals surface area contributed by atoms with Crippen LogP contribution in [0.5, 0.6) is 0 Å². The summed E-state index contributed by atoms with van der Waals surface area (Å²) >= 11 is 0. The maximum absolute atomic E-state index is 14.1. The van der Waals surface area contributed by atoms with Crippen LogP contribution in [-0.4, -0.2) is 9.97 Å². The minimum atomic E-state index is -0.300. The van der Waals surface area contributed by atoms with E-state index in [1.807, 2.05) is 13.8 Å². The number of nitrogens with one attached hydrogen (secondary N) is 1. The number of nitrogens with zero attached hydrogens (tertiary/aromatic N) is 1. The van der Waals surface area contributed by atoms with Gasteiger partial charge in [0.15, 0.2) is 0 Å². The highest BCUT2D eigenvalue weighted by molar-refractivity contribution is 5.60. The van der Waals surface area contributed by atoms with Gasteiger partial charge in [-0.25, -0.2) is 4.39 Å². The first-order valence-electron chi connectivity index (χ1n) is 5.61. The summed E-state index contributed by atoms with van der Waals surface area (Å²) < 4.78 is 14.1. The van der Waals surface area contributed by atoms with E-state index in [1.54, 1.807) is 19.9 Å². The van der Waals surface area contributed by atoms with Crippen molar-refractivity contribution in [3.63, 3.8) is 0 Å². The van der Waals surface area contributed by atoms with Crippen molar-refractivity contribution in [3.05, 3.63) is 39.1 Å². The van der Waals surface area contributed by atoms with Gasteiger partial charge in [0, 0.05) is 16.8 Å². The third-order valence-corrected chi connectivity index (χ3v) is 3.07. The monoisotopic (exact) mass is 234 g/mol. The number of hydrogen-bond donors (Lipinski definition) is 1. The maximum Gasteiger partial charge on any atom is 0.275 e. The van der Waals surface area contributed by atoms with Gasteiger partial charge in [-0.05, 0) is 25.8 Å². The molecule has 0 aromatic heterocycles. The van der Waals surface area contributed by atoms with Crippen molar-refractivity contribution >= 4 is 0 Å². The molecule has 90 valence electrons. The number of aryl methyl sites for hydroxylation is 1. The van der Waals surface area contributed by atoms with E-state index in [9.17, 15) is 9.18 Å². The average molecular weight is 234 g/mol. The van der Waals surface area contributed by atoms with Gasteiger partial charge < -0.3 is 4.98 Å². The third kappa shape index (κ3) is 1.84. The smallest absolute Gasteiger partial charge is 0.275 e. The number of halogens is 1. The normalized spacial score (nSPS) is 11.4. The Bertz CT molecular complexity index is 601. The largest absolute Gasteiger partial charge is 0.343 e. The molecule has 1 N–H and O–H groups in total. The predicted octanol–water partition coefficient (Wildman–Crippen LogP) is 2.75. The summed E-state index contributed by atoms with van der Waals surface area (Å²) in [5.41, 5.74) is 1.91. The second-order valence-corrected chi connectivity index (χ2v) is 4.62. The highest BCUT2D eigenvalue weighted by atomic mass is 19.1. The van der Waals surface area contributed by atoms with Crippen molar-refractivity contribution in [2.45, 2.75) is 33.6 Å². The molecule has 0 aliphatic carbocycles. The van der Waals surface area contributed by atoms with Gasteiger partial charge in [0.2, 0.25) is 0 Å². The quantitative estimate of drug-likeness (QED) is 0.824. The molecule has 2 rings (SSSR count). The summed E-state index contributed by atoms with van der Waals surface area (Å²) in [4.78, 5) is 18.6. The molecule has 0 bridgehead atoms. The number of fused-ring (bicyclic) bond motifs is 1. The highest BCUT2D eigenvalue weighted by Crippen LogP contribution is 2.26. The van der Waals surface area contributed by atoms with Crippen LogP contribution in [0.25, 0.3) is 11.4 Å². The second-order valence-electron chi connectivity index (χ2n) is 4.62. The maximum atomic E-state index is 14.1. The van der Waals surface area contributed by atoms with Crippen molar-refractivity contribution in [2.24, 2.45) is 0 Å². The summed E-state index contributed by atoms with van der Waals surface area (Å²) in [5, 5.41) is 0. The van der Waals surface area contributed by atoms with Gasteiger partial charge in [0.25, 0.3) is 5.56 Å². The fourth-order valence-corrected chi connectivity index (χ4v) is 1.83. The molecule has 0 saturated carbocycles. The Morgan fingerprint density at radius 1 is 1.35 bits per heavy atom. The second kappa shape index (κ2) is 3.95. The molecule has 2 heterocycles. The SMILES string of the molecule is Cc1[nH]c2nc(=O)c(C(C)C)cc-2c(F)c1C. The van der Waals surface area contributed by atoms with Crippen LogP contribution in [0.3, 0.4) is 0 Å². The Morgan fingerprint density at radius 2 is 2.00 bits per heavy atom. The van der Waals surface area contributed by atoms with Gasteiger partial charge in [0.1, 0.15) is 11.6 Å². The summed E-state index contributed by atoms with van der Waals surface area (Å²) in [5.74, 6) is 0.0612. The summed E-state index contributed by atoms with van der Waals surface area (Å²) in [6.45, 7) is 7.26. The lowest BCUT2D eigenvalue weighted by Gasteiger charge is -2.13. The highest BCUT2D eigenvalue weighted by Gasteiger charge is 2.18. The van der Waals surface area contributed by atoms with E-state index in [0.717, 1.165) is 0 Å². The summed E-state index contributed by atoms with van der Waals surface area (Å²) in [6.07, 6.45) is 0. The van der Waals surface area contributed by atoms with Gasteiger partial charge in [-0.2, -0.15) is 4.98 Å². The topological polar surface area (TPSA) is 45.8 Å². The lowest BCUT2D eigenvalue weighted by Crippen LogP contribution is -2.17. The molecule has 0 saturated heterocycles. The number of aromatic nitrogens is 2. The molecule has 0 aromatic carbocycles. The summed E-state index contributed by atoms with van der Waals surface area (Å²) in [7, 11) is 0. The first-order valence-corrected chi connectivity index (χ1v) is 5.61. The number of pyridine rings is 2. The van der Waals surface area contributed by atoms with Crippen molar-refractivity contribution < 1.29 is 4.39 Å². The van der Waals surface area contributed by atoms with Crippen LogP contribution >= 0.6 is 0 Å². The molecule has 2 aliphatic rings. The zero-order valence-corrected chi connectivity index (χ0v) is 10.4. The van der Waals surface area contributed by atoms with Gasteiger partial charge in [-0.1, -0.05) is 13.8 Å². The van der Waals surface area contributed by atoms with Crippen molar-refractivity contribution in [1.29, 1.82) is 0 Å². The standard InChI is InChI=1S/C13H15FN2O/c1-6(2)9-5-10-11(14)7(3)8(4)15-12(10)16-13(9)17/h5-6H,1-4H3,(H,15,16,17). The number of rotatable bonds is 1. The molecule has 0 radical (unpaired) electrons. The number of hydrogen-bond acceptors (Lipinski definition) is 2. The Hall–Kier alpha value is -1.71. The van der Waals surface area contributed by atoms with Crippen LogP contribution < -0.4 is 5.56 Å². The number of aromatic amines is 1. The molecule has 0 fully saturated rings. The van der Waals surface area contributed by atoms with Gasteiger partial charge in [-0.15, -0.1) is 0 Å². The van der Waals surface area contributed by atoms with E-state index >= 15 is 0 Å². The fraction of sp³-hybridized carbons (Fsp3) is 0.385. The van der Waals surface area contributed by atoms with Crippen LogP contribution in [0, 0.1) is 19.7 Å². The van der Waals surface area contributed by atoms with Crippen LogP contribution in [0.15, 0.2) is 10.9 Å². The molecule has 17 heavy (non-hydrogen) atoms. The first kappa shape index (κ1) is 11.8. The van der Waals surface area contributed by atoms with Gasteiger partial charge in [-0.3, -0.25) is 4.79 Å². The van der Waals surface area contributed by atoms with Crippen LogP contribution in [0.2, 0.25) is 0 Å². The molecule has 0 unspecified atom stereocenters. The number of H-pyrrole nitrogens is 1. The average Bonchev–Trinajstić information content (AvgIpc) is 2.25. The van der Waals surface area contributed by atoms with Crippen LogP contribution in [0.4, 0.5) is 4.39 Å². The van der Waals surface area contributed by atoms with E-state index in [2.05, 4.69) is 9.97 Å². The first-order chi connectivity index (χ1) is 7.91. The Balaban J connectivity index is 2.86. The predicted molar refractivity (Wildman–Crippen MR) is 65.0 cm³/mol. The Labute approximate surface area is 99.1 Å². The molecular weight excluding hydrogens is 219 g/mol. The van der Waals surface area contributed by atoms with E-state index in [0.29, 0.717) is 28.2 Å². The lowest BCUT2D eigenvalue weighted by molar-refractivity contribution is 0.614. The molecule has 3 nitrogen and oxygen atoms in total. The molecule has 0 aromatic rings. The van der Waals surface area contributed by atoms with E-state index in [1.165, 1.54) is 0 Å². The molecule has 2 aliphatic heterocycles. The van der Waals surface area contributed by atoms with Crippen LogP contribution in [-0.2, 0) is 0 Å². The van der Waals surface area contributed by atoms with E-state index in [-0.39, 0.29) is 17.3 Å². The summed E-state index contributed by atoms with van der Waals surface area (Å²) in [6, 6.07) is 1.60. The molecular formula is C13H15FN2O. The van der Waals surface area contributed by atoms with Crippen molar-refractivity contribution in [2.75, 3.05) is 0 Å². The minimum Gasteiger partial charge on any atom is -0.343 e. The zero-order chi connectivity index (χ0) is 12.7. The zero-order valence-electron chi connectivity index (χ0n) is 10.4. The Kier molecular flexibility index (Phi) is 2.73. The van der Waals surface area contributed by atoms with Gasteiger partial charge in [0.05, 0.1) is 5.56 Å². The van der Waals surface area contributed by atoms with E-state index < -0.39 is 0 Å². The molecule has 4 heteroatoms. The van der Waals surface area contributed by atoms with Crippen molar-refractivity contribution in [1.82, 2.24) is 9.97 Å². The molecule has 0 amide bonds. The van der Waals surface area contributed by atoms with Crippen molar-refractivity contribution in [3.8, 4) is 11.4 Å².